The van der Waals surface area contributed by atoms with Crippen molar-refractivity contribution >= 4 is 27.3 Å². The van der Waals surface area contributed by atoms with Crippen LogP contribution < -0.4 is 9.64 Å². The first-order valence-electron chi connectivity index (χ1n) is 9.19. The van der Waals surface area contributed by atoms with Crippen molar-refractivity contribution in [2.24, 2.45) is 0 Å². The molecule has 1 aromatic rings. The van der Waals surface area contributed by atoms with Crippen LogP contribution in [-0.2, 0) is 0 Å². The molecule has 1 aromatic carbocycles. The van der Waals surface area contributed by atoms with Crippen LogP contribution in [0.25, 0.3) is 0 Å². The lowest BCUT2D eigenvalue weighted by Crippen LogP contribution is -2.46. The van der Waals surface area contributed by atoms with Gasteiger partial charge in [-0.3, -0.25) is 15.0 Å². The zero-order valence-electron chi connectivity index (χ0n) is 15.5. The van der Waals surface area contributed by atoms with Crippen molar-refractivity contribution in [1.29, 1.82) is 0 Å². The Balaban J connectivity index is 1.67. The summed E-state index contributed by atoms with van der Waals surface area (Å²) >= 11 is 3.51. The molecular formula is C18H27BrN4O3. The van der Waals surface area contributed by atoms with Crippen LogP contribution in [0.5, 0.6) is 5.75 Å². The third kappa shape index (κ3) is 4.29. The second-order valence-electron chi connectivity index (χ2n) is 7.14. The molecule has 0 saturated carbocycles. The average molecular weight is 427 g/mol. The zero-order chi connectivity index (χ0) is 18.7. The van der Waals surface area contributed by atoms with Crippen LogP contribution >= 0.6 is 15.9 Å². The van der Waals surface area contributed by atoms with E-state index in [1.165, 1.54) is 26.6 Å². The molecule has 2 heterocycles. The molecular weight excluding hydrogens is 400 g/mol. The molecule has 0 amide bonds. The number of halogens is 1. The molecule has 0 atom stereocenters. The highest BCUT2D eigenvalue weighted by Crippen LogP contribution is 2.39. The Bertz CT molecular complexity index is 650. The highest BCUT2D eigenvalue weighted by molar-refractivity contribution is 9.10. The van der Waals surface area contributed by atoms with E-state index in [9.17, 15) is 10.1 Å². The van der Waals surface area contributed by atoms with Crippen molar-refractivity contribution in [1.82, 2.24) is 9.80 Å². The molecule has 7 nitrogen and oxygen atoms in total. The minimum absolute atomic E-state index is 0.00769. The number of nitro benzene ring substituents is 1. The summed E-state index contributed by atoms with van der Waals surface area (Å²) in [6.45, 7) is 6.57. The maximum absolute atomic E-state index is 11.2. The van der Waals surface area contributed by atoms with Gasteiger partial charge < -0.3 is 14.5 Å². The topological polar surface area (TPSA) is 62.1 Å². The van der Waals surface area contributed by atoms with Gasteiger partial charge in [0, 0.05) is 48.8 Å². The first-order valence-corrected chi connectivity index (χ1v) is 9.98. The highest BCUT2D eigenvalue weighted by Gasteiger charge is 2.28. The molecule has 26 heavy (non-hydrogen) atoms. The molecule has 0 aliphatic carbocycles. The quantitative estimate of drug-likeness (QED) is 0.544. The number of rotatable bonds is 4. The third-order valence-corrected chi connectivity index (χ3v) is 6.16. The van der Waals surface area contributed by atoms with Crippen LogP contribution in [0.3, 0.4) is 0 Å². The van der Waals surface area contributed by atoms with Gasteiger partial charge in [-0.1, -0.05) is 0 Å². The fraction of sp³-hybridized carbons (Fsp3) is 0.667. The summed E-state index contributed by atoms with van der Waals surface area (Å²) in [5.41, 5.74) is 0.966. The maximum atomic E-state index is 11.2. The second kappa shape index (κ2) is 8.54. The largest absolute Gasteiger partial charge is 0.490 e. The van der Waals surface area contributed by atoms with Crippen molar-refractivity contribution in [3.8, 4) is 5.75 Å². The van der Waals surface area contributed by atoms with E-state index in [-0.39, 0.29) is 5.69 Å². The Hall–Kier alpha value is -1.38. The second-order valence-corrected chi connectivity index (χ2v) is 8.00. The van der Waals surface area contributed by atoms with E-state index in [1.807, 2.05) is 0 Å². The van der Waals surface area contributed by atoms with E-state index in [0.717, 1.165) is 49.2 Å². The number of nitrogens with zero attached hydrogens (tertiary/aromatic N) is 4. The van der Waals surface area contributed by atoms with Gasteiger partial charge in [0.25, 0.3) is 0 Å². The van der Waals surface area contributed by atoms with E-state index in [4.69, 9.17) is 4.74 Å². The first-order chi connectivity index (χ1) is 12.5. The summed E-state index contributed by atoms with van der Waals surface area (Å²) in [7, 11) is 3.67. The molecule has 2 aliphatic rings. The van der Waals surface area contributed by atoms with Gasteiger partial charge in [-0.2, -0.15) is 0 Å². The number of hydrogen-bond acceptors (Lipinski definition) is 6. The molecule has 2 saturated heterocycles. The Labute approximate surface area is 163 Å². The van der Waals surface area contributed by atoms with E-state index < -0.39 is 4.92 Å². The van der Waals surface area contributed by atoms with Gasteiger partial charge in [0.2, 0.25) is 0 Å². The van der Waals surface area contributed by atoms with Gasteiger partial charge in [-0.25, -0.2) is 0 Å². The van der Waals surface area contributed by atoms with Crippen LogP contribution in [-0.4, -0.2) is 74.2 Å². The predicted octanol–water partition coefficient (Wildman–Crippen LogP) is 2.97. The molecule has 144 valence electrons. The summed E-state index contributed by atoms with van der Waals surface area (Å²) in [6.07, 6.45) is 3.48. The summed E-state index contributed by atoms with van der Waals surface area (Å²) in [5, 5.41) is 11.2. The molecule has 2 fully saturated rings. The highest BCUT2D eigenvalue weighted by atomic mass is 79.9. The molecule has 0 bridgehead atoms. The molecule has 0 unspecified atom stereocenters. The number of piperidine rings is 1. The van der Waals surface area contributed by atoms with Crippen molar-refractivity contribution in [3.63, 3.8) is 0 Å². The van der Waals surface area contributed by atoms with Gasteiger partial charge in [0.1, 0.15) is 0 Å². The summed E-state index contributed by atoms with van der Waals surface area (Å²) in [5.74, 6) is 0.311. The lowest BCUT2D eigenvalue weighted by atomic mass is 10.0. The number of likely N-dealkylation sites (N-methyl/N-ethyl adjacent to an activating group) is 1. The molecule has 0 aromatic heterocycles. The van der Waals surface area contributed by atoms with Crippen LogP contribution in [0, 0.1) is 10.1 Å². The predicted molar refractivity (Wildman–Crippen MR) is 106 cm³/mol. The van der Waals surface area contributed by atoms with E-state index in [2.05, 4.69) is 37.7 Å². The summed E-state index contributed by atoms with van der Waals surface area (Å²) in [4.78, 5) is 18.1. The first kappa shape index (κ1) is 19.4. The Morgan fingerprint density at radius 3 is 2.54 bits per heavy atom. The standard InChI is InChI=1S/C18H27BrN4O3/c1-20-6-3-7-21(11-10-20)14-4-8-22(9-5-14)16-13-18(26-2)17(23(24)25)12-15(16)19/h12-14H,3-11H2,1-2H3. The molecule has 3 rings (SSSR count). The van der Waals surface area contributed by atoms with Crippen molar-refractivity contribution in [2.45, 2.75) is 25.3 Å². The Morgan fingerprint density at radius 1 is 1.15 bits per heavy atom. The van der Waals surface area contributed by atoms with Crippen LogP contribution in [0.4, 0.5) is 11.4 Å². The lowest BCUT2D eigenvalue weighted by molar-refractivity contribution is -0.385. The monoisotopic (exact) mass is 426 g/mol. The number of benzene rings is 1. The number of nitro groups is 1. The minimum Gasteiger partial charge on any atom is -0.490 e. The Kier molecular flexibility index (Phi) is 6.37. The van der Waals surface area contributed by atoms with Crippen molar-refractivity contribution in [3.05, 3.63) is 26.7 Å². The molecule has 0 radical (unpaired) electrons. The van der Waals surface area contributed by atoms with E-state index in [1.54, 1.807) is 12.1 Å². The van der Waals surface area contributed by atoms with Crippen LogP contribution in [0.15, 0.2) is 16.6 Å². The molecule has 0 N–H and O–H groups in total. The van der Waals surface area contributed by atoms with Gasteiger partial charge in [0.15, 0.2) is 5.75 Å². The normalized spacial score (nSPS) is 20.8. The molecule has 0 spiro atoms. The SMILES string of the molecule is COc1cc(N2CCC(N3CCCN(C)CC3)CC2)c(Br)cc1[N+](=O)[O-]. The molecule has 2 aliphatic heterocycles. The van der Waals surface area contributed by atoms with Crippen molar-refractivity contribution in [2.75, 3.05) is 58.3 Å². The Morgan fingerprint density at radius 2 is 1.88 bits per heavy atom. The lowest BCUT2D eigenvalue weighted by Gasteiger charge is -2.39. The van der Waals surface area contributed by atoms with Gasteiger partial charge in [0.05, 0.1) is 17.7 Å². The fourth-order valence-corrected chi connectivity index (χ4v) is 4.57. The smallest absolute Gasteiger partial charge is 0.312 e. The number of anilines is 1. The van der Waals surface area contributed by atoms with Crippen molar-refractivity contribution < 1.29 is 9.66 Å². The number of ether oxygens (including phenoxy) is 1. The summed E-state index contributed by atoms with van der Waals surface area (Å²) < 4.78 is 5.98. The minimum atomic E-state index is -0.407. The maximum Gasteiger partial charge on any atom is 0.312 e. The molecule has 8 heteroatoms. The average Bonchev–Trinajstić information content (AvgIpc) is 2.86. The van der Waals surface area contributed by atoms with Gasteiger partial charge >= 0.3 is 5.69 Å². The number of methoxy groups -OCH3 is 1. The van der Waals surface area contributed by atoms with Gasteiger partial charge in [-0.05, 0) is 55.3 Å². The van der Waals surface area contributed by atoms with Crippen LogP contribution in [0.1, 0.15) is 19.3 Å². The number of hydrogen-bond donors (Lipinski definition) is 0. The van der Waals surface area contributed by atoms with E-state index in [0.29, 0.717) is 11.8 Å². The fourth-order valence-electron chi connectivity index (χ4n) is 3.98. The van der Waals surface area contributed by atoms with Gasteiger partial charge in [-0.15, -0.1) is 0 Å². The third-order valence-electron chi connectivity index (χ3n) is 5.52. The zero-order valence-corrected chi connectivity index (χ0v) is 17.1. The van der Waals surface area contributed by atoms with Crippen LogP contribution in [0.2, 0.25) is 0 Å². The van der Waals surface area contributed by atoms with E-state index >= 15 is 0 Å². The summed E-state index contributed by atoms with van der Waals surface area (Å²) in [6, 6.07) is 3.96.